The first kappa shape index (κ1) is 13.0. The molecule has 4 heteroatoms. The molecule has 0 spiro atoms. The normalized spacial score (nSPS) is 10.6. The number of ketones is 1. The van der Waals surface area contributed by atoms with Crippen LogP contribution in [0.5, 0.6) is 0 Å². The van der Waals surface area contributed by atoms with Crippen molar-refractivity contribution in [3.63, 3.8) is 0 Å². The van der Waals surface area contributed by atoms with E-state index < -0.39 is 0 Å². The molecule has 3 nitrogen and oxygen atoms in total. The van der Waals surface area contributed by atoms with Crippen LogP contribution in [0.15, 0.2) is 28.7 Å². The lowest BCUT2D eigenvalue weighted by Crippen LogP contribution is -1.95. The fraction of sp³-hybridized carbons (Fsp3) is 0.286. The molecule has 0 aliphatic carbocycles. The average Bonchev–Trinajstić information content (AvgIpc) is 2.69. The van der Waals surface area contributed by atoms with Crippen LogP contribution in [-0.2, 0) is 11.2 Å². The number of aromatic amines is 1. The van der Waals surface area contributed by atoms with E-state index in [0.717, 1.165) is 27.2 Å². The minimum Gasteiger partial charge on any atom is -0.346 e. The van der Waals surface area contributed by atoms with Crippen LogP contribution in [0.4, 0.5) is 0 Å². The number of carbonyl (C=O) groups is 1. The number of H-pyrrole nitrogens is 1. The Bertz CT molecular complexity index is 575. The van der Waals surface area contributed by atoms with E-state index in [9.17, 15) is 4.79 Å². The maximum Gasteiger partial charge on any atom is 0.130 e. The quantitative estimate of drug-likeness (QED) is 0.936. The summed E-state index contributed by atoms with van der Waals surface area (Å²) in [5.74, 6) is 1.06. The van der Waals surface area contributed by atoms with Crippen LogP contribution < -0.4 is 0 Å². The van der Waals surface area contributed by atoms with Gasteiger partial charge in [0.2, 0.25) is 0 Å². The van der Waals surface area contributed by atoms with Crippen molar-refractivity contribution in [2.24, 2.45) is 0 Å². The molecule has 1 aromatic carbocycles. The Morgan fingerprint density at radius 1 is 1.39 bits per heavy atom. The second kappa shape index (κ2) is 5.48. The van der Waals surface area contributed by atoms with Crippen molar-refractivity contribution >= 4 is 21.7 Å². The second-order valence-corrected chi connectivity index (χ2v) is 5.19. The van der Waals surface area contributed by atoms with Crippen LogP contribution in [-0.4, -0.2) is 15.8 Å². The van der Waals surface area contributed by atoms with E-state index in [2.05, 4.69) is 25.9 Å². The highest BCUT2D eigenvalue weighted by Crippen LogP contribution is 2.28. The summed E-state index contributed by atoms with van der Waals surface area (Å²) in [6.07, 6.45) is 1.20. The molecule has 0 atom stereocenters. The van der Waals surface area contributed by atoms with Gasteiger partial charge in [0, 0.05) is 28.6 Å². The number of nitrogens with one attached hydrogen (secondary N) is 1. The van der Waals surface area contributed by atoms with Crippen molar-refractivity contribution in [1.82, 2.24) is 9.97 Å². The van der Waals surface area contributed by atoms with Gasteiger partial charge in [-0.3, -0.25) is 0 Å². The molecule has 0 aliphatic heterocycles. The molecule has 0 bridgehead atoms. The molecular weight excluding hydrogens is 292 g/mol. The minimum absolute atomic E-state index is 0.187. The smallest absolute Gasteiger partial charge is 0.130 e. The highest BCUT2D eigenvalue weighted by atomic mass is 79.9. The average molecular weight is 307 g/mol. The molecule has 1 N–H and O–H groups in total. The van der Waals surface area contributed by atoms with Crippen molar-refractivity contribution in [2.45, 2.75) is 26.7 Å². The Labute approximate surface area is 115 Å². The Kier molecular flexibility index (Phi) is 3.97. The van der Waals surface area contributed by atoms with Gasteiger partial charge in [-0.15, -0.1) is 0 Å². The third-order valence-corrected chi connectivity index (χ3v) is 3.47. The number of benzene rings is 1. The Morgan fingerprint density at radius 3 is 2.78 bits per heavy atom. The van der Waals surface area contributed by atoms with Gasteiger partial charge < -0.3 is 9.78 Å². The number of Topliss-reactive ketones (excluding diaryl/α,β-unsaturated/α-hetero) is 1. The second-order valence-electron chi connectivity index (χ2n) is 4.34. The predicted molar refractivity (Wildman–Crippen MR) is 75.5 cm³/mol. The van der Waals surface area contributed by atoms with Gasteiger partial charge in [0.05, 0.1) is 5.69 Å². The molecule has 0 saturated heterocycles. The Balaban J connectivity index is 2.30. The fourth-order valence-electron chi connectivity index (χ4n) is 1.85. The number of nitrogens with zero attached hydrogens (tertiary/aromatic N) is 1. The summed E-state index contributed by atoms with van der Waals surface area (Å²) in [5.41, 5.74) is 3.04. The molecule has 2 rings (SSSR count). The Morgan fingerprint density at radius 2 is 2.11 bits per heavy atom. The summed E-state index contributed by atoms with van der Waals surface area (Å²) >= 11 is 3.53. The molecule has 0 radical (unpaired) electrons. The minimum atomic E-state index is 0.187. The summed E-state index contributed by atoms with van der Waals surface area (Å²) in [6.45, 7) is 3.60. The molecule has 1 aromatic heterocycles. The molecule has 2 aromatic rings. The van der Waals surface area contributed by atoms with Crippen molar-refractivity contribution in [3.8, 4) is 11.3 Å². The van der Waals surface area contributed by atoms with Crippen LogP contribution >= 0.6 is 15.9 Å². The lowest BCUT2D eigenvalue weighted by Gasteiger charge is -2.01. The van der Waals surface area contributed by atoms with Crippen LogP contribution in [0.2, 0.25) is 0 Å². The lowest BCUT2D eigenvalue weighted by molar-refractivity contribution is -0.117. The van der Waals surface area contributed by atoms with Crippen LogP contribution in [0.25, 0.3) is 11.3 Å². The number of aryl methyl sites for hydroxylation is 2. The molecule has 0 saturated carbocycles. The third-order valence-electron chi connectivity index (χ3n) is 2.78. The fourth-order valence-corrected chi connectivity index (χ4v) is 2.32. The zero-order chi connectivity index (χ0) is 13.1. The number of hydrogen-bond acceptors (Lipinski definition) is 2. The summed E-state index contributed by atoms with van der Waals surface area (Å²) in [7, 11) is 0. The van der Waals surface area contributed by atoms with Gasteiger partial charge >= 0.3 is 0 Å². The first-order chi connectivity index (χ1) is 8.58. The van der Waals surface area contributed by atoms with Crippen molar-refractivity contribution in [2.75, 3.05) is 0 Å². The molecule has 0 amide bonds. The number of halogens is 1. The number of imidazole rings is 1. The van der Waals surface area contributed by atoms with Gasteiger partial charge in [-0.05, 0) is 19.9 Å². The van der Waals surface area contributed by atoms with E-state index in [4.69, 9.17) is 0 Å². The maximum absolute atomic E-state index is 11.0. The van der Waals surface area contributed by atoms with Crippen LogP contribution in [0, 0.1) is 6.92 Å². The van der Waals surface area contributed by atoms with Crippen molar-refractivity contribution in [3.05, 3.63) is 40.3 Å². The molecule has 94 valence electrons. The van der Waals surface area contributed by atoms with E-state index in [-0.39, 0.29) is 5.78 Å². The molecule has 0 fully saturated rings. The van der Waals surface area contributed by atoms with E-state index >= 15 is 0 Å². The largest absolute Gasteiger partial charge is 0.346 e. The Hall–Kier alpha value is -1.42. The van der Waals surface area contributed by atoms with Crippen molar-refractivity contribution in [1.29, 1.82) is 0 Å². The molecule has 18 heavy (non-hydrogen) atoms. The molecule has 0 aliphatic rings. The van der Waals surface area contributed by atoms with Gasteiger partial charge in [0.25, 0.3) is 0 Å². The topological polar surface area (TPSA) is 45.8 Å². The van der Waals surface area contributed by atoms with E-state index in [0.29, 0.717) is 12.8 Å². The lowest BCUT2D eigenvalue weighted by atomic mass is 10.1. The number of hydrogen-bond donors (Lipinski definition) is 1. The summed E-state index contributed by atoms with van der Waals surface area (Å²) in [4.78, 5) is 18.8. The zero-order valence-electron chi connectivity index (χ0n) is 10.5. The van der Waals surface area contributed by atoms with E-state index in [1.165, 1.54) is 0 Å². The van der Waals surface area contributed by atoms with Gasteiger partial charge in [-0.25, -0.2) is 4.98 Å². The third kappa shape index (κ3) is 2.88. The van der Waals surface area contributed by atoms with Crippen LogP contribution in [0.1, 0.15) is 24.9 Å². The first-order valence-corrected chi connectivity index (χ1v) is 6.67. The van der Waals surface area contributed by atoms with E-state index in [1.807, 2.05) is 31.2 Å². The number of rotatable bonds is 4. The van der Waals surface area contributed by atoms with Crippen LogP contribution in [0.3, 0.4) is 0 Å². The molecule has 1 heterocycles. The highest BCUT2D eigenvalue weighted by molar-refractivity contribution is 9.10. The summed E-state index contributed by atoms with van der Waals surface area (Å²) in [5, 5.41) is 0. The monoisotopic (exact) mass is 306 g/mol. The first-order valence-electron chi connectivity index (χ1n) is 5.87. The van der Waals surface area contributed by atoms with Gasteiger partial charge in [-0.1, -0.05) is 34.1 Å². The van der Waals surface area contributed by atoms with E-state index in [1.54, 1.807) is 6.92 Å². The zero-order valence-corrected chi connectivity index (χ0v) is 12.0. The standard InChI is InChI=1S/C14H15BrN2O/c1-9(18)7-8-13-16-10(2)14(17-13)11-5-3-4-6-12(11)15/h3-6H,7-8H2,1-2H3,(H,16,17). The number of carbonyl (C=O) groups excluding carboxylic acids is 1. The van der Waals surface area contributed by atoms with Gasteiger partial charge in [0.15, 0.2) is 0 Å². The maximum atomic E-state index is 11.0. The highest BCUT2D eigenvalue weighted by Gasteiger charge is 2.11. The number of aromatic nitrogens is 2. The van der Waals surface area contributed by atoms with Crippen molar-refractivity contribution < 1.29 is 4.79 Å². The summed E-state index contributed by atoms with van der Waals surface area (Å²) < 4.78 is 1.03. The predicted octanol–water partition coefficient (Wildman–Crippen LogP) is 3.67. The van der Waals surface area contributed by atoms with Gasteiger partial charge in [-0.2, -0.15) is 0 Å². The molecular formula is C14H15BrN2O. The SMILES string of the molecule is CC(=O)CCc1nc(-c2ccccc2Br)c(C)[nH]1. The summed E-state index contributed by atoms with van der Waals surface area (Å²) in [6, 6.07) is 8.00. The molecule has 0 unspecified atom stereocenters. The van der Waals surface area contributed by atoms with Gasteiger partial charge in [0.1, 0.15) is 11.6 Å².